The summed E-state index contributed by atoms with van der Waals surface area (Å²) in [5.41, 5.74) is 4.48. The first-order valence-corrected chi connectivity index (χ1v) is 8.88. The van der Waals surface area contributed by atoms with Crippen molar-refractivity contribution in [2.75, 3.05) is 12.0 Å². The number of hydrogen-bond donors (Lipinski definition) is 1. The maximum Gasteiger partial charge on any atom is 0.150 e. The van der Waals surface area contributed by atoms with Crippen molar-refractivity contribution in [2.45, 2.75) is 46.1 Å². The van der Waals surface area contributed by atoms with E-state index in [9.17, 15) is 13.5 Å². The highest BCUT2D eigenvalue weighted by molar-refractivity contribution is 7.90. The summed E-state index contributed by atoms with van der Waals surface area (Å²) < 4.78 is 22.6. The van der Waals surface area contributed by atoms with Crippen LogP contribution in [0.15, 0.2) is 12.1 Å². The van der Waals surface area contributed by atoms with E-state index in [0.717, 1.165) is 31.1 Å². The SMILES string of the molecule is CCc1cc([C@H](O)CS(C)(=O)=O)cc(CC)c1CC. The molecule has 4 heteroatoms. The maximum atomic E-state index is 11.3. The molecule has 0 saturated carbocycles. The van der Waals surface area contributed by atoms with E-state index in [0.29, 0.717) is 0 Å². The topological polar surface area (TPSA) is 54.4 Å². The summed E-state index contributed by atoms with van der Waals surface area (Å²) in [6.45, 7) is 6.29. The second-order valence-electron chi connectivity index (χ2n) is 4.99. The molecule has 1 atom stereocenters. The number of aliphatic hydroxyl groups is 1. The quantitative estimate of drug-likeness (QED) is 0.873. The molecule has 1 rings (SSSR count). The van der Waals surface area contributed by atoms with Crippen molar-refractivity contribution in [3.05, 3.63) is 34.4 Å². The molecule has 0 aliphatic heterocycles. The van der Waals surface area contributed by atoms with Gasteiger partial charge < -0.3 is 5.11 Å². The second-order valence-corrected chi connectivity index (χ2v) is 7.17. The Kier molecular flexibility index (Phi) is 5.56. The molecule has 0 aliphatic rings. The van der Waals surface area contributed by atoms with E-state index >= 15 is 0 Å². The number of aryl methyl sites for hydroxylation is 2. The molecule has 0 unspecified atom stereocenters. The molecule has 0 fully saturated rings. The van der Waals surface area contributed by atoms with E-state index in [1.54, 1.807) is 0 Å². The number of sulfone groups is 1. The molecule has 3 nitrogen and oxygen atoms in total. The zero-order chi connectivity index (χ0) is 14.6. The van der Waals surface area contributed by atoms with Crippen LogP contribution in [-0.2, 0) is 29.1 Å². The van der Waals surface area contributed by atoms with Crippen LogP contribution in [-0.4, -0.2) is 25.5 Å². The smallest absolute Gasteiger partial charge is 0.150 e. The van der Waals surface area contributed by atoms with Crippen molar-refractivity contribution in [3.63, 3.8) is 0 Å². The normalized spacial score (nSPS) is 13.5. The number of aliphatic hydroxyl groups excluding tert-OH is 1. The third-order valence-corrected chi connectivity index (χ3v) is 4.34. The molecule has 19 heavy (non-hydrogen) atoms. The Balaban J connectivity index is 3.22. The Labute approximate surface area is 116 Å². The van der Waals surface area contributed by atoms with Crippen molar-refractivity contribution in [3.8, 4) is 0 Å². The Morgan fingerprint density at radius 1 is 1.05 bits per heavy atom. The molecule has 1 aromatic rings. The number of hydrogen-bond acceptors (Lipinski definition) is 3. The lowest BCUT2D eigenvalue weighted by atomic mass is 9.91. The van der Waals surface area contributed by atoms with E-state index < -0.39 is 15.9 Å². The van der Waals surface area contributed by atoms with Crippen LogP contribution >= 0.6 is 0 Å². The minimum absolute atomic E-state index is 0.217. The van der Waals surface area contributed by atoms with Gasteiger partial charge in [-0.25, -0.2) is 8.42 Å². The van der Waals surface area contributed by atoms with Crippen molar-refractivity contribution in [1.82, 2.24) is 0 Å². The molecule has 1 N–H and O–H groups in total. The van der Waals surface area contributed by atoms with Gasteiger partial charge in [0.05, 0.1) is 11.9 Å². The summed E-state index contributed by atoms with van der Waals surface area (Å²) in [7, 11) is -3.18. The summed E-state index contributed by atoms with van der Waals surface area (Å²) >= 11 is 0. The molecular formula is C15H24O3S. The summed E-state index contributed by atoms with van der Waals surface area (Å²) in [5, 5.41) is 10.1. The van der Waals surface area contributed by atoms with Crippen LogP contribution in [0.3, 0.4) is 0 Å². The lowest BCUT2D eigenvalue weighted by molar-refractivity contribution is 0.201. The van der Waals surface area contributed by atoms with Gasteiger partial charge in [-0.3, -0.25) is 0 Å². The summed E-state index contributed by atoms with van der Waals surface area (Å²) in [6.07, 6.45) is 2.98. The second kappa shape index (κ2) is 6.53. The first-order chi connectivity index (χ1) is 8.82. The van der Waals surface area contributed by atoms with E-state index in [4.69, 9.17) is 0 Å². The van der Waals surface area contributed by atoms with Crippen LogP contribution in [0.2, 0.25) is 0 Å². The zero-order valence-electron chi connectivity index (χ0n) is 12.2. The highest BCUT2D eigenvalue weighted by Crippen LogP contribution is 2.24. The predicted octanol–water partition coefficient (Wildman–Crippen LogP) is 2.45. The van der Waals surface area contributed by atoms with Crippen molar-refractivity contribution in [1.29, 1.82) is 0 Å². The molecular weight excluding hydrogens is 260 g/mol. The van der Waals surface area contributed by atoms with Crippen molar-refractivity contribution < 1.29 is 13.5 Å². The fourth-order valence-corrected chi connectivity index (χ4v) is 3.25. The van der Waals surface area contributed by atoms with E-state index in [-0.39, 0.29) is 5.75 Å². The zero-order valence-corrected chi connectivity index (χ0v) is 13.0. The molecule has 0 aromatic heterocycles. The maximum absolute atomic E-state index is 11.3. The van der Waals surface area contributed by atoms with Gasteiger partial charge in [-0.15, -0.1) is 0 Å². The van der Waals surface area contributed by atoms with Crippen LogP contribution in [0.4, 0.5) is 0 Å². The van der Waals surface area contributed by atoms with Crippen LogP contribution < -0.4 is 0 Å². The van der Waals surface area contributed by atoms with E-state index in [1.807, 2.05) is 12.1 Å². The highest BCUT2D eigenvalue weighted by atomic mass is 32.2. The number of rotatable bonds is 6. The molecule has 0 bridgehead atoms. The fraction of sp³-hybridized carbons (Fsp3) is 0.600. The standard InChI is InChI=1S/C15H24O3S/c1-5-11-8-13(15(16)10-19(4,17)18)9-12(6-2)14(11)7-3/h8-9,15-16H,5-7,10H2,1-4H3/t15-/m1/s1. The third kappa shape index (κ3) is 4.32. The van der Waals surface area contributed by atoms with Crippen molar-refractivity contribution >= 4 is 9.84 Å². The van der Waals surface area contributed by atoms with Gasteiger partial charge in [0, 0.05) is 6.26 Å². The van der Waals surface area contributed by atoms with Crippen LogP contribution in [0.25, 0.3) is 0 Å². The molecule has 0 saturated heterocycles. The largest absolute Gasteiger partial charge is 0.387 e. The lowest BCUT2D eigenvalue weighted by Gasteiger charge is -2.17. The Morgan fingerprint density at radius 3 is 1.84 bits per heavy atom. The molecule has 0 aliphatic carbocycles. The van der Waals surface area contributed by atoms with Crippen LogP contribution in [0.1, 0.15) is 49.1 Å². The van der Waals surface area contributed by atoms with Gasteiger partial charge >= 0.3 is 0 Å². The summed E-state index contributed by atoms with van der Waals surface area (Å²) in [5.74, 6) is -0.217. The van der Waals surface area contributed by atoms with E-state index in [1.165, 1.54) is 16.7 Å². The minimum atomic E-state index is -3.18. The third-order valence-electron chi connectivity index (χ3n) is 3.42. The minimum Gasteiger partial charge on any atom is -0.387 e. The molecule has 1 aromatic carbocycles. The van der Waals surface area contributed by atoms with Gasteiger partial charge in [-0.05, 0) is 41.5 Å². The average Bonchev–Trinajstić information content (AvgIpc) is 2.34. The first-order valence-electron chi connectivity index (χ1n) is 6.82. The Morgan fingerprint density at radius 2 is 1.53 bits per heavy atom. The van der Waals surface area contributed by atoms with Gasteiger partial charge in [-0.1, -0.05) is 32.9 Å². The molecule has 108 valence electrons. The van der Waals surface area contributed by atoms with Crippen LogP contribution in [0, 0.1) is 0 Å². The van der Waals surface area contributed by atoms with E-state index in [2.05, 4.69) is 20.8 Å². The van der Waals surface area contributed by atoms with Gasteiger partial charge in [0.2, 0.25) is 0 Å². The summed E-state index contributed by atoms with van der Waals surface area (Å²) in [4.78, 5) is 0. The molecule has 0 spiro atoms. The average molecular weight is 284 g/mol. The summed E-state index contributed by atoms with van der Waals surface area (Å²) in [6, 6.07) is 3.90. The number of benzene rings is 1. The Hall–Kier alpha value is -0.870. The Bertz CT molecular complexity index is 507. The van der Waals surface area contributed by atoms with Crippen LogP contribution in [0.5, 0.6) is 0 Å². The molecule has 0 heterocycles. The van der Waals surface area contributed by atoms with Gasteiger partial charge in [0.15, 0.2) is 0 Å². The lowest BCUT2D eigenvalue weighted by Crippen LogP contribution is -2.14. The van der Waals surface area contributed by atoms with Gasteiger partial charge in [0.25, 0.3) is 0 Å². The van der Waals surface area contributed by atoms with Crippen molar-refractivity contribution in [2.24, 2.45) is 0 Å². The molecule has 0 amide bonds. The monoisotopic (exact) mass is 284 g/mol. The molecule has 0 radical (unpaired) electrons. The first kappa shape index (κ1) is 16.2. The predicted molar refractivity (Wildman–Crippen MR) is 79.2 cm³/mol. The van der Waals surface area contributed by atoms with Gasteiger partial charge in [0.1, 0.15) is 9.84 Å². The van der Waals surface area contributed by atoms with Gasteiger partial charge in [-0.2, -0.15) is 0 Å². The highest BCUT2D eigenvalue weighted by Gasteiger charge is 2.17. The fourth-order valence-electron chi connectivity index (χ4n) is 2.48.